The average molecular weight is 384 g/mol. The second kappa shape index (κ2) is 7.39. The number of benzene rings is 1. The Morgan fingerprint density at radius 3 is 2.68 bits per heavy atom. The lowest BCUT2D eigenvalue weighted by Gasteiger charge is -2.08. The Kier molecular flexibility index (Phi) is 4.99. The van der Waals surface area contributed by atoms with Gasteiger partial charge >= 0.3 is 18.0 Å². The van der Waals surface area contributed by atoms with Crippen LogP contribution in [0, 0.1) is 6.92 Å². The molecule has 9 nitrogen and oxygen atoms in total. The first kappa shape index (κ1) is 18.9. The number of ether oxygens (including phenoxy) is 1. The highest BCUT2D eigenvalue weighted by molar-refractivity contribution is 6.15. The first-order valence-corrected chi connectivity index (χ1v) is 8.16. The van der Waals surface area contributed by atoms with Crippen molar-refractivity contribution in [2.45, 2.75) is 6.92 Å². The molecular formula is C19H16N2O7. The molecule has 1 aliphatic rings. The van der Waals surface area contributed by atoms with Gasteiger partial charge in [-0.2, -0.15) is 0 Å². The van der Waals surface area contributed by atoms with E-state index in [1.165, 1.54) is 12.1 Å². The van der Waals surface area contributed by atoms with E-state index in [-0.39, 0.29) is 17.0 Å². The van der Waals surface area contributed by atoms with Crippen molar-refractivity contribution in [3.8, 4) is 11.3 Å². The van der Waals surface area contributed by atoms with Gasteiger partial charge in [-0.15, -0.1) is 0 Å². The number of nitrogens with zero attached hydrogens (tertiary/aromatic N) is 1. The van der Waals surface area contributed by atoms with Gasteiger partial charge in [0.1, 0.15) is 23.8 Å². The normalized spacial score (nSPS) is 15.1. The van der Waals surface area contributed by atoms with Gasteiger partial charge in [0.2, 0.25) is 0 Å². The van der Waals surface area contributed by atoms with Gasteiger partial charge in [0.05, 0.1) is 12.7 Å². The number of carbonyl (C=O) groups excluding carboxylic acids is 3. The van der Waals surface area contributed by atoms with Gasteiger partial charge in [-0.1, -0.05) is 12.1 Å². The summed E-state index contributed by atoms with van der Waals surface area (Å²) in [6.07, 6.45) is 1.33. The summed E-state index contributed by atoms with van der Waals surface area (Å²) in [4.78, 5) is 47.5. The predicted molar refractivity (Wildman–Crippen MR) is 96.1 cm³/mol. The van der Waals surface area contributed by atoms with Gasteiger partial charge in [0.15, 0.2) is 0 Å². The number of amides is 3. The summed E-state index contributed by atoms with van der Waals surface area (Å²) < 4.78 is 10.1. The second-order valence-corrected chi connectivity index (χ2v) is 5.94. The number of methoxy groups -OCH3 is 1. The zero-order valence-electron chi connectivity index (χ0n) is 15.0. The molecule has 0 spiro atoms. The quantitative estimate of drug-likeness (QED) is 0.459. The van der Waals surface area contributed by atoms with E-state index in [4.69, 9.17) is 4.42 Å². The fourth-order valence-electron chi connectivity index (χ4n) is 2.76. The summed E-state index contributed by atoms with van der Waals surface area (Å²) in [7, 11) is 1.16. The lowest BCUT2D eigenvalue weighted by atomic mass is 10.0. The van der Waals surface area contributed by atoms with E-state index in [0.29, 0.717) is 16.9 Å². The van der Waals surface area contributed by atoms with Crippen molar-refractivity contribution in [3.05, 3.63) is 52.9 Å². The molecular weight excluding hydrogens is 368 g/mol. The molecule has 1 aromatic carbocycles. The zero-order chi connectivity index (χ0) is 20.4. The molecule has 1 aromatic heterocycles. The topological polar surface area (TPSA) is 126 Å². The molecule has 9 heteroatoms. The number of furan rings is 1. The Balaban J connectivity index is 1.87. The van der Waals surface area contributed by atoms with Gasteiger partial charge in [-0.3, -0.25) is 9.59 Å². The van der Waals surface area contributed by atoms with Crippen LogP contribution >= 0.6 is 0 Å². The Hall–Kier alpha value is -3.88. The summed E-state index contributed by atoms with van der Waals surface area (Å²) >= 11 is 0. The minimum Gasteiger partial charge on any atom is -0.478 e. The minimum atomic E-state index is -1.04. The SMILES string of the molecule is COC(=O)CN1C(=O)N/C(=C/c2ccc(-c3cccc(C(=O)O)c3C)o2)C1=O. The third-order valence-corrected chi connectivity index (χ3v) is 4.22. The zero-order valence-corrected chi connectivity index (χ0v) is 15.0. The summed E-state index contributed by atoms with van der Waals surface area (Å²) in [5, 5.41) is 11.6. The summed E-state index contributed by atoms with van der Waals surface area (Å²) in [5.41, 5.74) is 1.24. The number of rotatable bonds is 5. The van der Waals surface area contributed by atoms with Gasteiger partial charge in [0.25, 0.3) is 5.91 Å². The molecule has 0 atom stereocenters. The van der Waals surface area contributed by atoms with Crippen molar-refractivity contribution in [3.63, 3.8) is 0 Å². The molecule has 2 aromatic rings. The largest absolute Gasteiger partial charge is 0.478 e. The smallest absolute Gasteiger partial charge is 0.335 e. The van der Waals surface area contributed by atoms with E-state index in [2.05, 4.69) is 10.1 Å². The molecule has 3 amide bonds. The van der Waals surface area contributed by atoms with E-state index >= 15 is 0 Å². The number of carboxylic acid groups (broad SMARTS) is 1. The van der Waals surface area contributed by atoms with E-state index in [9.17, 15) is 24.3 Å². The molecule has 0 bridgehead atoms. The first-order valence-electron chi connectivity index (χ1n) is 8.16. The molecule has 0 saturated carbocycles. The minimum absolute atomic E-state index is 0.0502. The van der Waals surface area contributed by atoms with Crippen LogP contribution in [-0.2, 0) is 14.3 Å². The lowest BCUT2D eigenvalue weighted by Crippen LogP contribution is -2.36. The average Bonchev–Trinajstić information content (AvgIpc) is 3.22. The number of carbonyl (C=O) groups is 4. The molecule has 144 valence electrons. The van der Waals surface area contributed by atoms with Crippen molar-refractivity contribution >= 4 is 30.0 Å². The maximum absolute atomic E-state index is 12.3. The number of carboxylic acids is 1. The summed E-state index contributed by atoms with van der Waals surface area (Å²) in [6, 6.07) is 7.30. The van der Waals surface area contributed by atoms with Crippen LogP contribution in [0.3, 0.4) is 0 Å². The third-order valence-electron chi connectivity index (χ3n) is 4.22. The van der Waals surface area contributed by atoms with Gasteiger partial charge in [-0.05, 0) is 30.7 Å². The number of urea groups is 1. The molecule has 2 N–H and O–H groups in total. The Morgan fingerprint density at radius 2 is 2.00 bits per heavy atom. The van der Waals surface area contributed by atoms with E-state index in [1.54, 1.807) is 31.2 Å². The maximum Gasteiger partial charge on any atom is 0.335 e. The van der Waals surface area contributed by atoms with Crippen molar-refractivity contribution in [1.82, 2.24) is 10.2 Å². The lowest BCUT2D eigenvalue weighted by molar-refractivity contribution is -0.143. The fourth-order valence-corrected chi connectivity index (χ4v) is 2.76. The van der Waals surface area contributed by atoms with Gasteiger partial charge in [0, 0.05) is 11.6 Å². The number of hydrogen-bond acceptors (Lipinski definition) is 6. The van der Waals surface area contributed by atoms with Crippen LogP contribution in [0.4, 0.5) is 4.79 Å². The molecule has 28 heavy (non-hydrogen) atoms. The molecule has 2 heterocycles. The highest BCUT2D eigenvalue weighted by Gasteiger charge is 2.35. The highest BCUT2D eigenvalue weighted by Crippen LogP contribution is 2.28. The van der Waals surface area contributed by atoms with E-state index in [0.717, 1.165) is 12.0 Å². The van der Waals surface area contributed by atoms with Crippen LogP contribution in [0.5, 0.6) is 0 Å². The van der Waals surface area contributed by atoms with Crippen molar-refractivity contribution < 1.29 is 33.4 Å². The molecule has 1 saturated heterocycles. The van der Waals surface area contributed by atoms with E-state index < -0.39 is 30.4 Å². The van der Waals surface area contributed by atoms with Crippen molar-refractivity contribution in [2.75, 3.05) is 13.7 Å². The molecule has 1 aliphatic heterocycles. The standard InChI is InChI=1S/C19H16N2O7/c1-10-12(4-3-5-13(10)18(24)25)15-7-6-11(28-15)8-14-17(23)21(19(26)20-14)9-16(22)27-2/h3-8H,9H2,1-2H3,(H,20,26)(H,24,25)/b14-8+. The Labute approximate surface area is 159 Å². The second-order valence-electron chi connectivity index (χ2n) is 5.94. The van der Waals surface area contributed by atoms with Crippen LogP contribution < -0.4 is 5.32 Å². The van der Waals surface area contributed by atoms with Crippen LogP contribution in [0.25, 0.3) is 17.4 Å². The van der Waals surface area contributed by atoms with Gasteiger partial charge < -0.3 is 19.6 Å². The molecule has 3 rings (SSSR count). The fraction of sp³-hybridized carbons (Fsp3) is 0.158. The number of hydrogen-bond donors (Lipinski definition) is 2. The third kappa shape index (κ3) is 3.50. The monoisotopic (exact) mass is 384 g/mol. The maximum atomic E-state index is 12.3. The first-order chi connectivity index (χ1) is 13.3. The van der Waals surface area contributed by atoms with E-state index in [1.807, 2.05) is 0 Å². The molecule has 1 fully saturated rings. The highest BCUT2D eigenvalue weighted by atomic mass is 16.5. The van der Waals surface area contributed by atoms with Crippen molar-refractivity contribution in [1.29, 1.82) is 0 Å². The molecule has 0 radical (unpaired) electrons. The summed E-state index contributed by atoms with van der Waals surface area (Å²) in [6.45, 7) is 1.17. The van der Waals surface area contributed by atoms with Crippen LogP contribution in [0.2, 0.25) is 0 Å². The number of nitrogens with one attached hydrogen (secondary N) is 1. The van der Waals surface area contributed by atoms with Crippen LogP contribution in [0.1, 0.15) is 21.7 Å². The molecule has 0 aliphatic carbocycles. The van der Waals surface area contributed by atoms with Gasteiger partial charge in [-0.25, -0.2) is 14.5 Å². The Morgan fingerprint density at radius 1 is 1.25 bits per heavy atom. The summed E-state index contributed by atoms with van der Waals surface area (Å²) in [5.74, 6) is -1.76. The van der Waals surface area contributed by atoms with Crippen molar-refractivity contribution in [2.24, 2.45) is 0 Å². The number of esters is 1. The molecule has 0 unspecified atom stereocenters. The number of imide groups is 1. The van der Waals surface area contributed by atoms with Crippen LogP contribution in [-0.4, -0.2) is 47.5 Å². The van der Waals surface area contributed by atoms with Crippen LogP contribution in [0.15, 0.2) is 40.4 Å². The Bertz CT molecular complexity index is 1020. The number of aromatic carboxylic acids is 1. The predicted octanol–water partition coefficient (Wildman–Crippen LogP) is 2.02.